The monoisotopic (exact) mass is 377 g/mol. The van der Waals surface area contributed by atoms with E-state index in [1.54, 1.807) is 13.1 Å². The van der Waals surface area contributed by atoms with Crippen molar-refractivity contribution in [2.24, 2.45) is 0 Å². The average Bonchev–Trinajstić information content (AvgIpc) is 2.98. The lowest BCUT2D eigenvalue weighted by molar-refractivity contribution is -0.134. The largest absolute Gasteiger partial charge is 0.382 e. The molecule has 2 aliphatic heterocycles. The number of fused-ring (bicyclic) bond motifs is 2. The Labute approximate surface area is 163 Å². The first-order chi connectivity index (χ1) is 13.6. The van der Waals surface area contributed by atoms with E-state index < -0.39 is 6.04 Å². The summed E-state index contributed by atoms with van der Waals surface area (Å²) in [5.74, 6) is -0.128. The van der Waals surface area contributed by atoms with E-state index in [1.807, 2.05) is 29.2 Å². The van der Waals surface area contributed by atoms with E-state index in [2.05, 4.69) is 20.8 Å². The summed E-state index contributed by atoms with van der Waals surface area (Å²) in [6.07, 6.45) is 5.82. The van der Waals surface area contributed by atoms with Crippen LogP contribution in [0, 0.1) is 0 Å². The van der Waals surface area contributed by atoms with Gasteiger partial charge in [0.25, 0.3) is 5.91 Å². The van der Waals surface area contributed by atoms with E-state index in [-0.39, 0.29) is 23.9 Å². The fourth-order valence-corrected chi connectivity index (χ4v) is 5.06. The highest BCUT2D eigenvalue weighted by Gasteiger charge is 2.45. The van der Waals surface area contributed by atoms with Crippen LogP contribution in [-0.4, -0.2) is 45.5 Å². The molecule has 1 aromatic heterocycles. The Morgan fingerprint density at radius 2 is 2.07 bits per heavy atom. The van der Waals surface area contributed by atoms with Gasteiger partial charge in [0.05, 0.1) is 35.9 Å². The smallest absolute Gasteiger partial charge is 0.251 e. The third-order valence-electron chi connectivity index (χ3n) is 6.23. The number of nitrogens with zero attached hydrogens (tertiary/aromatic N) is 3. The van der Waals surface area contributed by atoms with Gasteiger partial charge in [0.2, 0.25) is 5.91 Å². The molecule has 1 aromatic carbocycles. The first kappa shape index (κ1) is 17.2. The number of rotatable bonds is 1. The maximum absolute atomic E-state index is 12.9. The molecule has 3 aliphatic rings. The summed E-state index contributed by atoms with van der Waals surface area (Å²) in [6, 6.07) is 7.58. The Balaban J connectivity index is 1.76. The third-order valence-corrected chi connectivity index (χ3v) is 6.23. The molecule has 144 valence electrons. The van der Waals surface area contributed by atoms with Crippen LogP contribution >= 0.6 is 0 Å². The molecule has 1 fully saturated rings. The van der Waals surface area contributed by atoms with Crippen molar-refractivity contribution in [3.63, 3.8) is 0 Å². The minimum absolute atomic E-state index is 0.0157. The summed E-state index contributed by atoms with van der Waals surface area (Å²) in [5, 5.41) is 15.9. The fourth-order valence-electron chi connectivity index (χ4n) is 5.06. The number of hydrogen-bond acceptors (Lipinski definition) is 5. The van der Waals surface area contributed by atoms with E-state index >= 15 is 0 Å². The molecule has 0 unspecified atom stereocenters. The molecule has 0 bridgehead atoms. The SMILES string of the molecule is CC(=O)N1[C@@H]2CCCC[C@H]2NC2=C(C(=O)NC2)[C@H]1c1cccc2ccnnc12. The standard InChI is InChI=1S/C21H23N5O2/c1-12(27)26-17-8-3-2-7-15(17)24-16-11-22-21(28)18(16)20(26)14-6-4-5-13-9-10-23-25-19(13)14/h4-6,9-10,15,17,20,24H,2-3,7-8,11H2,1H3,(H,22,28)/t15-,17-,20-/m1/s1. The number of hydrogen-bond donors (Lipinski definition) is 2. The van der Waals surface area contributed by atoms with Gasteiger partial charge in [0.15, 0.2) is 0 Å². The number of benzene rings is 1. The second-order valence-corrected chi connectivity index (χ2v) is 7.82. The summed E-state index contributed by atoms with van der Waals surface area (Å²) in [6.45, 7) is 2.09. The van der Waals surface area contributed by atoms with Gasteiger partial charge >= 0.3 is 0 Å². The van der Waals surface area contributed by atoms with Crippen LogP contribution in [0.5, 0.6) is 0 Å². The van der Waals surface area contributed by atoms with Crippen LogP contribution in [0.2, 0.25) is 0 Å². The lowest BCUT2D eigenvalue weighted by atomic mass is 9.87. The van der Waals surface area contributed by atoms with Crippen molar-refractivity contribution in [2.75, 3.05) is 6.54 Å². The highest BCUT2D eigenvalue weighted by atomic mass is 16.2. The molecule has 2 aromatic rings. The Hall–Kier alpha value is -2.96. The second-order valence-electron chi connectivity index (χ2n) is 7.82. The lowest BCUT2D eigenvalue weighted by Gasteiger charge is -2.42. The summed E-state index contributed by atoms with van der Waals surface area (Å²) in [4.78, 5) is 27.7. The lowest BCUT2D eigenvalue weighted by Crippen LogP contribution is -2.53. The molecular formula is C21H23N5O2. The van der Waals surface area contributed by atoms with Crippen LogP contribution in [0.1, 0.15) is 44.2 Å². The van der Waals surface area contributed by atoms with E-state index in [0.29, 0.717) is 12.1 Å². The van der Waals surface area contributed by atoms with Gasteiger partial charge in [-0.25, -0.2) is 0 Å². The zero-order valence-electron chi connectivity index (χ0n) is 15.8. The van der Waals surface area contributed by atoms with Gasteiger partial charge in [-0.15, -0.1) is 0 Å². The highest BCUT2D eigenvalue weighted by molar-refractivity contribution is 6.00. The Morgan fingerprint density at radius 1 is 1.21 bits per heavy atom. The van der Waals surface area contributed by atoms with Gasteiger partial charge in [-0.05, 0) is 18.9 Å². The number of amides is 2. The van der Waals surface area contributed by atoms with Crippen molar-refractivity contribution in [1.82, 2.24) is 25.7 Å². The van der Waals surface area contributed by atoms with E-state index in [9.17, 15) is 9.59 Å². The van der Waals surface area contributed by atoms with Gasteiger partial charge in [0.1, 0.15) is 0 Å². The highest BCUT2D eigenvalue weighted by Crippen LogP contribution is 2.41. The van der Waals surface area contributed by atoms with E-state index in [4.69, 9.17) is 0 Å². The van der Waals surface area contributed by atoms with Crippen molar-refractivity contribution >= 4 is 22.7 Å². The second kappa shape index (κ2) is 6.58. The zero-order valence-corrected chi connectivity index (χ0v) is 15.8. The molecule has 0 spiro atoms. The maximum atomic E-state index is 12.9. The molecule has 7 heteroatoms. The summed E-state index contributed by atoms with van der Waals surface area (Å²) in [7, 11) is 0. The van der Waals surface area contributed by atoms with Gasteiger partial charge in [-0.2, -0.15) is 10.2 Å². The molecule has 1 saturated carbocycles. The Bertz CT molecular complexity index is 996. The Morgan fingerprint density at radius 3 is 2.93 bits per heavy atom. The van der Waals surface area contributed by atoms with E-state index in [1.165, 1.54) is 0 Å². The minimum atomic E-state index is -0.462. The zero-order chi connectivity index (χ0) is 19.3. The van der Waals surface area contributed by atoms with Crippen LogP contribution in [0.15, 0.2) is 41.7 Å². The van der Waals surface area contributed by atoms with Crippen LogP contribution < -0.4 is 10.6 Å². The topological polar surface area (TPSA) is 87.2 Å². The van der Waals surface area contributed by atoms with Crippen molar-refractivity contribution in [3.05, 3.63) is 47.3 Å². The van der Waals surface area contributed by atoms with Crippen molar-refractivity contribution in [2.45, 2.75) is 50.7 Å². The molecule has 3 heterocycles. The molecule has 5 rings (SSSR count). The molecule has 0 radical (unpaired) electrons. The molecule has 3 atom stereocenters. The molecule has 2 amide bonds. The van der Waals surface area contributed by atoms with Gasteiger partial charge in [-0.3, -0.25) is 9.59 Å². The average molecular weight is 377 g/mol. The summed E-state index contributed by atoms with van der Waals surface area (Å²) in [5.41, 5.74) is 3.15. The molecule has 7 nitrogen and oxygen atoms in total. The summed E-state index contributed by atoms with van der Waals surface area (Å²) < 4.78 is 0. The van der Waals surface area contributed by atoms with Crippen LogP contribution in [0.25, 0.3) is 10.9 Å². The van der Waals surface area contributed by atoms with E-state index in [0.717, 1.165) is 47.8 Å². The van der Waals surface area contributed by atoms with Crippen molar-refractivity contribution in [3.8, 4) is 0 Å². The van der Waals surface area contributed by atoms with Crippen molar-refractivity contribution < 1.29 is 9.59 Å². The van der Waals surface area contributed by atoms with Crippen LogP contribution in [-0.2, 0) is 9.59 Å². The first-order valence-electron chi connectivity index (χ1n) is 9.92. The number of carbonyl (C=O) groups excluding carboxylic acids is 2. The molecule has 28 heavy (non-hydrogen) atoms. The predicted octanol–water partition coefficient (Wildman–Crippen LogP) is 1.82. The third kappa shape index (κ3) is 2.57. The molecule has 2 N–H and O–H groups in total. The molecule has 0 saturated heterocycles. The van der Waals surface area contributed by atoms with Crippen LogP contribution in [0.3, 0.4) is 0 Å². The van der Waals surface area contributed by atoms with Gasteiger partial charge < -0.3 is 15.5 Å². The number of carbonyl (C=O) groups is 2. The fraction of sp³-hybridized carbons (Fsp3) is 0.429. The quantitative estimate of drug-likeness (QED) is 0.792. The van der Waals surface area contributed by atoms with Crippen LogP contribution in [0.4, 0.5) is 0 Å². The number of nitrogens with one attached hydrogen (secondary N) is 2. The normalized spacial score (nSPS) is 27.0. The number of aromatic nitrogens is 2. The first-order valence-corrected chi connectivity index (χ1v) is 9.92. The molecular weight excluding hydrogens is 354 g/mol. The predicted molar refractivity (Wildman–Crippen MR) is 104 cm³/mol. The van der Waals surface area contributed by atoms with Gasteiger partial charge in [0, 0.05) is 29.6 Å². The van der Waals surface area contributed by atoms with Gasteiger partial charge in [-0.1, -0.05) is 31.0 Å². The Kier molecular flexibility index (Phi) is 4.03. The maximum Gasteiger partial charge on any atom is 0.251 e. The minimum Gasteiger partial charge on any atom is -0.382 e. The van der Waals surface area contributed by atoms with Crippen molar-refractivity contribution in [1.29, 1.82) is 0 Å². The summed E-state index contributed by atoms with van der Waals surface area (Å²) >= 11 is 0. The molecule has 1 aliphatic carbocycles.